The average molecular weight is 382 g/mol. The van der Waals surface area contributed by atoms with Gasteiger partial charge in [-0.25, -0.2) is 0 Å². The maximum atomic E-state index is 12.8. The van der Waals surface area contributed by atoms with Gasteiger partial charge in [-0.1, -0.05) is 18.2 Å². The molecule has 2 aromatic carbocycles. The predicted molar refractivity (Wildman–Crippen MR) is 111 cm³/mol. The minimum absolute atomic E-state index is 0.00116. The highest BCUT2D eigenvalue weighted by molar-refractivity contribution is 7.99. The molecule has 6 heteroatoms. The summed E-state index contributed by atoms with van der Waals surface area (Å²) in [5.74, 6) is 2.08. The van der Waals surface area contributed by atoms with E-state index in [4.69, 9.17) is 0 Å². The number of carbonyl (C=O) groups excluding carboxylic acids is 2. The number of fused-ring (bicyclic) bond motifs is 1. The van der Waals surface area contributed by atoms with Crippen molar-refractivity contribution in [2.75, 3.05) is 34.8 Å². The number of nitrogens with one attached hydrogen (secondary N) is 2. The van der Waals surface area contributed by atoms with Crippen molar-refractivity contribution in [2.24, 2.45) is 0 Å². The summed E-state index contributed by atoms with van der Waals surface area (Å²) < 4.78 is 0. The van der Waals surface area contributed by atoms with Crippen molar-refractivity contribution < 1.29 is 9.59 Å². The molecule has 2 aliphatic heterocycles. The van der Waals surface area contributed by atoms with Gasteiger partial charge in [-0.3, -0.25) is 9.59 Å². The zero-order chi connectivity index (χ0) is 18.6. The van der Waals surface area contributed by atoms with E-state index < -0.39 is 0 Å². The number of nitrogens with zero attached hydrogens (tertiary/aromatic N) is 1. The topological polar surface area (TPSA) is 61.4 Å². The Bertz CT molecular complexity index is 832. The van der Waals surface area contributed by atoms with Crippen LogP contribution in [0.5, 0.6) is 0 Å². The summed E-state index contributed by atoms with van der Waals surface area (Å²) in [6, 6.07) is 15.4. The van der Waals surface area contributed by atoms with Crippen LogP contribution in [0.3, 0.4) is 0 Å². The minimum Gasteiger partial charge on any atom is -0.326 e. The van der Waals surface area contributed by atoms with Gasteiger partial charge in [0.2, 0.25) is 5.91 Å². The van der Waals surface area contributed by atoms with Crippen molar-refractivity contribution in [1.82, 2.24) is 5.32 Å². The van der Waals surface area contributed by atoms with E-state index in [1.165, 1.54) is 5.56 Å². The lowest BCUT2D eigenvalue weighted by atomic mass is 10.1. The molecule has 2 N–H and O–H groups in total. The largest absolute Gasteiger partial charge is 0.326 e. The number of hydrogen-bond donors (Lipinski definition) is 2. The van der Waals surface area contributed by atoms with Gasteiger partial charge in [0.05, 0.1) is 0 Å². The van der Waals surface area contributed by atoms with Gasteiger partial charge in [-0.15, -0.1) is 0 Å². The fraction of sp³-hybridized carbons (Fsp3) is 0.333. The molecule has 1 saturated heterocycles. The highest BCUT2D eigenvalue weighted by Crippen LogP contribution is 2.29. The Kier molecular flexibility index (Phi) is 5.45. The zero-order valence-electron chi connectivity index (χ0n) is 15.1. The molecular formula is C21H23N3O2S. The summed E-state index contributed by atoms with van der Waals surface area (Å²) in [6.07, 6.45) is 1.36. The van der Waals surface area contributed by atoms with E-state index in [1.807, 2.05) is 34.9 Å². The van der Waals surface area contributed by atoms with Crippen LogP contribution in [0.2, 0.25) is 0 Å². The first-order valence-corrected chi connectivity index (χ1v) is 10.5. The summed E-state index contributed by atoms with van der Waals surface area (Å²) >= 11 is 1.88. The molecule has 2 heterocycles. The first-order chi connectivity index (χ1) is 13.2. The second kappa shape index (κ2) is 8.15. The van der Waals surface area contributed by atoms with Crippen LogP contribution >= 0.6 is 11.8 Å². The summed E-state index contributed by atoms with van der Waals surface area (Å²) in [7, 11) is 0. The summed E-state index contributed by atoms with van der Waals surface area (Å²) in [4.78, 5) is 26.9. The summed E-state index contributed by atoms with van der Waals surface area (Å²) in [6.45, 7) is 1.67. The van der Waals surface area contributed by atoms with E-state index in [0.717, 1.165) is 35.8 Å². The van der Waals surface area contributed by atoms with Crippen molar-refractivity contribution in [3.05, 3.63) is 59.7 Å². The minimum atomic E-state index is 0.00116. The van der Waals surface area contributed by atoms with Gasteiger partial charge in [0.1, 0.15) is 0 Å². The number of anilines is 2. The quantitative estimate of drug-likeness (QED) is 0.855. The van der Waals surface area contributed by atoms with E-state index in [9.17, 15) is 9.59 Å². The van der Waals surface area contributed by atoms with Crippen LogP contribution in [0.25, 0.3) is 0 Å². The van der Waals surface area contributed by atoms with E-state index in [0.29, 0.717) is 18.5 Å². The van der Waals surface area contributed by atoms with Crippen molar-refractivity contribution in [1.29, 1.82) is 0 Å². The second-order valence-corrected chi connectivity index (χ2v) is 8.04. The number of rotatable bonds is 4. The van der Waals surface area contributed by atoms with Crippen LogP contribution < -0.4 is 15.5 Å². The normalized spacial score (nSPS) is 18.8. The molecule has 5 nitrogen and oxygen atoms in total. The van der Waals surface area contributed by atoms with Gasteiger partial charge in [-0.2, -0.15) is 11.8 Å². The summed E-state index contributed by atoms with van der Waals surface area (Å²) in [5.41, 5.74) is 3.57. The van der Waals surface area contributed by atoms with Gasteiger partial charge in [0, 0.05) is 54.0 Å². The molecule has 0 aliphatic carbocycles. The molecule has 1 unspecified atom stereocenters. The van der Waals surface area contributed by atoms with E-state index >= 15 is 0 Å². The Morgan fingerprint density at radius 1 is 1.15 bits per heavy atom. The zero-order valence-corrected chi connectivity index (χ0v) is 15.9. The van der Waals surface area contributed by atoms with E-state index in [1.54, 1.807) is 24.3 Å². The van der Waals surface area contributed by atoms with Gasteiger partial charge in [0.15, 0.2) is 0 Å². The van der Waals surface area contributed by atoms with Gasteiger partial charge >= 0.3 is 0 Å². The molecule has 0 spiro atoms. The van der Waals surface area contributed by atoms with Crippen molar-refractivity contribution >= 4 is 35.0 Å². The summed E-state index contributed by atoms with van der Waals surface area (Å²) in [5, 5.41) is 6.29. The first kappa shape index (κ1) is 18.1. The smallest absolute Gasteiger partial charge is 0.258 e. The fourth-order valence-electron chi connectivity index (χ4n) is 3.59. The maximum absolute atomic E-state index is 12.8. The van der Waals surface area contributed by atoms with E-state index in [-0.39, 0.29) is 17.9 Å². The Balaban J connectivity index is 1.37. The SMILES string of the molecule is O=C(CC1CSCCN1)Nc1ccc(C(=O)N2CCc3ccccc32)cc1. The lowest BCUT2D eigenvalue weighted by Crippen LogP contribution is -2.39. The van der Waals surface area contributed by atoms with Crippen LogP contribution in [-0.2, 0) is 11.2 Å². The number of thioether (sulfide) groups is 1. The highest BCUT2D eigenvalue weighted by atomic mass is 32.2. The third-order valence-corrected chi connectivity index (χ3v) is 6.11. The Morgan fingerprint density at radius 2 is 1.96 bits per heavy atom. The van der Waals surface area contributed by atoms with E-state index in [2.05, 4.69) is 16.7 Å². The molecule has 2 aliphatic rings. The standard InChI is InChI=1S/C21H23N3O2S/c25-20(13-18-14-27-12-10-22-18)23-17-7-5-16(6-8-17)21(26)24-11-9-15-3-1-2-4-19(15)24/h1-8,18,22H,9-14H2,(H,23,25). The van der Waals surface area contributed by atoms with Gasteiger partial charge < -0.3 is 15.5 Å². The van der Waals surface area contributed by atoms with Crippen LogP contribution in [0.15, 0.2) is 48.5 Å². The lowest BCUT2D eigenvalue weighted by Gasteiger charge is -2.22. The molecule has 2 amide bonds. The lowest BCUT2D eigenvalue weighted by molar-refractivity contribution is -0.116. The first-order valence-electron chi connectivity index (χ1n) is 9.31. The molecular weight excluding hydrogens is 358 g/mol. The number of hydrogen-bond acceptors (Lipinski definition) is 4. The van der Waals surface area contributed by atoms with Crippen LogP contribution in [-0.4, -0.2) is 42.5 Å². The molecule has 27 heavy (non-hydrogen) atoms. The molecule has 0 bridgehead atoms. The highest BCUT2D eigenvalue weighted by Gasteiger charge is 2.25. The number of benzene rings is 2. The van der Waals surface area contributed by atoms with Crippen molar-refractivity contribution in [2.45, 2.75) is 18.9 Å². The molecule has 2 aromatic rings. The third kappa shape index (κ3) is 4.17. The van der Waals surface area contributed by atoms with Crippen molar-refractivity contribution in [3.63, 3.8) is 0 Å². The molecule has 1 fully saturated rings. The molecule has 0 saturated carbocycles. The molecule has 1 atom stereocenters. The van der Waals surface area contributed by atoms with Crippen LogP contribution in [0.1, 0.15) is 22.3 Å². The van der Waals surface area contributed by atoms with Crippen molar-refractivity contribution in [3.8, 4) is 0 Å². The van der Waals surface area contributed by atoms with Crippen LogP contribution in [0, 0.1) is 0 Å². The van der Waals surface area contributed by atoms with Gasteiger partial charge in [0.25, 0.3) is 5.91 Å². The number of amides is 2. The Hall–Kier alpha value is -2.31. The number of para-hydroxylation sites is 1. The molecule has 0 aromatic heterocycles. The maximum Gasteiger partial charge on any atom is 0.258 e. The molecule has 0 radical (unpaired) electrons. The monoisotopic (exact) mass is 381 g/mol. The second-order valence-electron chi connectivity index (χ2n) is 6.89. The predicted octanol–water partition coefficient (Wildman–Crippen LogP) is 2.92. The molecule has 140 valence electrons. The Labute approximate surface area is 163 Å². The number of carbonyl (C=O) groups is 2. The Morgan fingerprint density at radius 3 is 2.74 bits per heavy atom. The van der Waals surface area contributed by atoms with Crippen LogP contribution in [0.4, 0.5) is 11.4 Å². The third-order valence-electron chi connectivity index (χ3n) is 4.98. The molecule has 4 rings (SSSR count). The fourth-order valence-corrected chi connectivity index (χ4v) is 4.54. The average Bonchev–Trinajstić information content (AvgIpc) is 3.13. The van der Waals surface area contributed by atoms with Gasteiger partial charge in [-0.05, 0) is 42.3 Å².